The van der Waals surface area contributed by atoms with Crippen molar-refractivity contribution in [2.75, 3.05) is 13.1 Å². The van der Waals surface area contributed by atoms with Crippen LogP contribution in [0.2, 0.25) is 0 Å². The highest BCUT2D eigenvalue weighted by molar-refractivity contribution is 5.61. The van der Waals surface area contributed by atoms with Crippen LogP contribution in [-0.4, -0.2) is 22.6 Å². The highest BCUT2D eigenvalue weighted by Crippen LogP contribution is 2.30. The summed E-state index contributed by atoms with van der Waals surface area (Å²) in [6.07, 6.45) is 1.14. The second-order valence-corrected chi connectivity index (χ2v) is 8.11. The fourth-order valence-electron chi connectivity index (χ4n) is 4.91. The molecule has 0 saturated carbocycles. The van der Waals surface area contributed by atoms with Crippen LogP contribution in [0.5, 0.6) is 0 Å². The fourth-order valence-corrected chi connectivity index (χ4v) is 4.91. The third-order valence-corrected chi connectivity index (χ3v) is 6.10. The number of nitrogens with zero attached hydrogens (tertiary/aromatic N) is 2. The standard InChI is InChI=1S/C22H21N3O4/c26-22-6-2-5-20-17-9-15(12-24(20)22)11-23(13-17)14-19-7-8-21(29-19)16-3-1-4-18(10-16)25(27)28/h1-8,10,15,17H,9,11-14H2/p+1/t15-,17-/m1/s1. The predicted molar refractivity (Wildman–Crippen MR) is 107 cm³/mol. The molecule has 1 fully saturated rings. The molecular weight excluding hydrogens is 370 g/mol. The maximum absolute atomic E-state index is 12.2. The lowest BCUT2D eigenvalue weighted by atomic mass is 9.83. The maximum atomic E-state index is 12.2. The Bertz CT molecular complexity index is 1130. The van der Waals surface area contributed by atoms with Crippen molar-refractivity contribution in [2.45, 2.75) is 25.4 Å². The summed E-state index contributed by atoms with van der Waals surface area (Å²) in [4.78, 5) is 24.2. The molecule has 1 N–H and O–H groups in total. The van der Waals surface area contributed by atoms with E-state index in [9.17, 15) is 14.9 Å². The maximum Gasteiger partial charge on any atom is 0.270 e. The fraction of sp³-hybridized carbons (Fsp3) is 0.318. The smallest absolute Gasteiger partial charge is 0.270 e. The molecule has 2 bridgehead atoms. The lowest BCUT2D eigenvalue weighted by Gasteiger charge is -2.40. The normalized spacial score (nSPS) is 22.8. The molecule has 2 aromatic heterocycles. The summed E-state index contributed by atoms with van der Waals surface area (Å²) >= 11 is 0. The van der Waals surface area contributed by atoms with E-state index in [0.29, 0.717) is 23.2 Å². The molecular formula is C22H22N3O4+. The Hall–Kier alpha value is -3.19. The van der Waals surface area contributed by atoms with Crippen LogP contribution in [0.15, 0.2) is 63.8 Å². The molecule has 3 aromatic rings. The number of quaternary nitrogens is 1. The van der Waals surface area contributed by atoms with Crippen LogP contribution in [0.25, 0.3) is 11.3 Å². The summed E-state index contributed by atoms with van der Waals surface area (Å²) in [5.74, 6) is 2.43. The van der Waals surface area contributed by atoms with Crippen molar-refractivity contribution in [1.29, 1.82) is 0 Å². The molecule has 4 heterocycles. The van der Waals surface area contributed by atoms with E-state index in [1.807, 2.05) is 28.8 Å². The lowest BCUT2D eigenvalue weighted by Crippen LogP contribution is -3.13. The molecule has 2 aliphatic heterocycles. The van der Waals surface area contributed by atoms with E-state index in [-0.39, 0.29) is 11.2 Å². The summed E-state index contributed by atoms with van der Waals surface area (Å²) in [5.41, 5.74) is 2.03. The first kappa shape index (κ1) is 17.9. The Kier molecular flexibility index (Phi) is 4.32. The molecule has 0 spiro atoms. The molecule has 1 aromatic carbocycles. The first-order chi connectivity index (χ1) is 14.1. The minimum atomic E-state index is -0.396. The van der Waals surface area contributed by atoms with Gasteiger partial charge < -0.3 is 13.9 Å². The zero-order chi connectivity index (χ0) is 20.0. The number of fused-ring (bicyclic) bond motifs is 4. The van der Waals surface area contributed by atoms with Crippen molar-refractivity contribution in [3.05, 3.63) is 86.5 Å². The van der Waals surface area contributed by atoms with Gasteiger partial charge in [-0.05, 0) is 24.6 Å². The van der Waals surface area contributed by atoms with Gasteiger partial charge in [0.15, 0.2) is 5.76 Å². The van der Waals surface area contributed by atoms with Crippen molar-refractivity contribution in [3.63, 3.8) is 0 Å². The van der Waals surface area contributed by atoms with Crippen LogP contribution in [0.1, 0.15) is 23.8 Å². The SMILES string of the molecule is O=c1cccc2n1C[C@@H]1C[C@@H]2C[NH+](Cc2ccc(-c3cccc([N+](=O)[O-])c3)o2)C1. The van der Waals surface area contributed by atoms with Crippen LogP contribution in [0, 0.1) is 16.0 Å². The number of furan rings is 1. The van der Waals surface area contributed by atoms with E-state index < -0.39 is 4.92 Å². The number of hydrogen-bond donors (Lipinski definition) is 1. The molecule has 5 rings (SSSR count). The number of rotatable bonds is 4. The van der Waals surface area contributed by atoms with Gasteiger partial charge in [0.05, 0.1) is 18.0 Å². The number of pyridine rings is 1. The highest BCUT2D eigenvalue weighted by Gasteiger charge is 2.37. The van der Waals surface area contributed by atoms with Gasteiger partial charge in [0.1, 0.15) is 12.3 Å². The molecule has 0 amide bonds. The summed E-state index contributed by atoms with van der Waals surface area (Å²) in [6.45, 7) is 3.57. The Morgan fingerprint density at radius 2 is 2.00 bits per heavy atom. The van der Waals surface area contributed by atoms with E-state index in [1.54, 1.807) is 12.1 Å². The molecule has 1 saturated heterocycles. The van der Waals surface area contributed by atoms with Gasteiger partial charge in [-0.3, -0.25) is 14.9 Å². The van der Waals surface area contributed by atoms with Gasteiger partial charge in [0, 0.05) is 47.8 Å². The number of nitrogens with one attached hydrogen (secondary N) is 1. The third-order valence-electron chi connectivity index (χ3n) is 6.10. The second kappa shape index (κ2) is 7.00. The molecule has 148 valence electrons. The van der Waals surface area contributed by atoms with Crippen molar-refractivity contribution < 1.29 is 14.2 Å². The zero-order valence-electron chi connectivity index (χ0n) is 15.9. The number of likely N-dealkylation sites (tertiary alicyclic amines) is 1. The molecule has 0 aliphatic carbocycles. The quantitative estimate of drug-likeness (QED) is 0.545. The Balaban J connectivity index is 1.33. The van der Waals surface area contributed by atoms with Gasteiger partial charge in [-0.25, -0.2) is 0 Å². The molecule has 2 aliphatic rings. The number of aromatic nitrogens is 1. The average molecular weight is 392 g/mol. The van der Waals surface area contributed by atoms with E-state index >= 15 is 0 Å². The van der Waals surface area contributed by atoms with E-state index in [4.69, 9.17) is 4.42 Å². The minimum Gasteiger partial charge on any atom is -0.455 e. The summed E-state index contributed by atoms with van der Waals surface area (Å²) in [5, 5.41) is 11.0. The third kappa shape index (κ3) is 3.38. The number of benzene rings is 1. The summed E-state index contributed by atoms with van der Waals surface area (Å²) in [6, 6.07) is 15.9. The molecule has 7 nitrogen and oxygen atoms in total. The monoisotopic (exact) mass is 392 g/mol. The van der Waals surface area contributed by atoms with E-state index in [1.165, 1.54) is 17.0 Å². The number of piperidine rings is 1. The van der Waals surface area contributed by atoms with Crippen molar-refractivity contribution in [3.8, 4) is 11.3 Å². The van der Waals surface area contributed by atoms with Crippen LogP contribution >= 0.6 is 0 Å². The minimum absolute atomic E-state index is 0.0591. The van der Waals surface area contributed by atoms with Gasteiger partial charge >= 0.3 is 0 Å². The van der Waals surface area contributed by atoms with Crippen molar-refractivity contribution >= 4 is 5.69 Å². The second-order valence-electron chi connectivity index (χ2n) is 8.11. The van der Waals surface area contributed by atoms with Crippen LogP contribution < -0.4 is 10.5 Å². The van der Waals surface area contributed by atoms with Crippen molar-refractivity contribution in [2.24, 2.45) is 5.92 Å². The lowest BCUT2D eigenvalue weighted by molar-refractivity contribution is -0.925. The van der Waals surface area contributed by atoms with Crippen molar-refractivity contribution in [1.82, 2.24) is 4.57 Å². The Morgan fingerprint density at radius 3 is 2.86 bits per heavy atom. The molecule has 0 radical (unpaired) electrons. The van der Waals surface area contributed by atoms with Crippen LogP contribution in [-0.2, 0) is 13.1 Å². The number of nitro groups is 1. The first-order valence-electron chi connectivity index (χ1n) is 9.93. The number of nitro benzene ring substituents is 1. The Morgan fingerprint density at radius 1 is 1.14 bits per heavy atom. The number of non-ortho nitro benzene ring substituents is 1. The molecule has 3 atom stereocenters. The first-order valence-corrected chi connectivity index (χ1v) is 9.93. The summed E-state index contributed by atoms with van der Waals surface area (Å²) < 4.78 is 7.97. The highest BCUT2D eigenvalue weighted by atomic mass is 16.6. The van der Waals surface area contributed by atoms with Gasteiger partial charge in [-0.2, -0.15) is 0 Å². The molecule has 1 unspecified atom stereocenters. The summed E-state index contributed by atoms with van der Waals surface area (Å²) in [7, 11) is 0. The largest absolute Gasteiger partial charge is 0.455 e. The zero-order valence-corrected chi connectivity index (χ0v) is 15.9. The van der Waals surface area contributed by atoms with Gasteiger partial charge in [0.25, 0.3) is 11.2 Å². The Labute approximate surface area is 167 Å². The molecule has 29 heavy (non-hydrogen) atoms. The van der Waals surface area contributed by atoms with Gasteiger partial charge in [-0.1, -0.05) is 18.2 Å². The van der Waals surface area contributed by atoms with Gasteiger partial charge in [-0.15, -0.1) is 0 Å². The number of hydrogen-bond acceptors (Lipinski definition) is 4. The molecule has 7 heteroatoms. The topological polar surface area (TPSA) is 82.7 Å². The van der Waals surface area contributed by atoms with Crippen LogP contribution in [0.4, 0.5) is 5.69 Å². The average Bonchev–Trinajstić information content (AvgIpc) is 3.17. The van der Waals surface area contributed by atoms with Gasteiger partial charge in [0.2, 0.25) is 0 Å². The van der Waals surface area contributed by atoms with Crippen LogP contribution in [0.3, 0.4) is 0 Å². The predicted octanol–water partition coefficient (Wildman–Crippen LogP) is 2.22. The van der Waals surface area contributed by atoms with E-state index in [2.05, 4.69) is 6.07 Å². The van der Waals surface area contributed by atoms with E-state index in [0.717, 1.165) is 44.1 Å².